The molecule has 4 heteroatoms. The largest absolute Gasteiger partial charge is 0.354 e. The Kier molecular flexibility index (Phi) is 5.56. The van der Waals surface area contributed by atoms with Crippen LogP contribution < -0.4 is 5.32 Å². The molecule has 0 saturated carbocycles. The van der Waals surface area contributed by atoms with Crippen LogP contribution in [0.2, 0.25) is 0 Å². The van der Waals surface area contributed by atoms with Crippen molar-refractivity contribution in [1.82, 2.24) is 15.1 Å². The van der Waals surface area contributed by atoms with Gasteiger partial charge in [0.05, 0.1) is 6.04 Å². The number of rotatable bonds is 5. The Morgan fingerprint density at radius 1 is 1.20 bits per heavy atom. The highest BCUT2D eigenvalue weighted by Gasteiger charge is 2.24. The third-order valence-electron chi connectivity index (χ3n) is 4.02. The number of nitrogens with zero attached hydrogens (tertiary/aromatic N) is 2. The summed E-state index contributed by atoms with van der Waals surface area (Å²) in [6.45, 7) is 9.94. The Hall–Kier alpha value is -1.39. The first kappa shape index (κ1) is 15.0. The number of nitrogens with one attached hydrogen (secondary N) is 1. The van der Waals surface area contributed by atoms with Crippen molar-refractivity contribution < 1.29 is 4.79 Å². The quantitative estimate of drug-likeness (QED) is 0.884. The van der Waals surface area contributed by atoms with Gasteiger partial charge in [-0.25, -0.2) is 0 Å². The summed E-state index contributed by atoms with van der Waals surface area (Å²) in [4.78, 5) is 16.2. The van der Waals surface area contributed by atoms with E-state index in [1.807, 2.05) is 6.07 Å². The first-order chi connectivity index (χ1) is 9.70. The van der Waals surface area contributed by atoms with Crippen molar-refractivity contribution in [1.29, 1.82) is 0 Å². The van der Waals surface area contributed by atoms with Crippen LogP contribution in [-0.2, 0) is 4.79 Å². The fourth-order valence-electron chi connectivity index (χ4n) is 2.76. The molecular formula is C16H25N3O. The van der Waals surface area contributed by atoms with E-state index in [1.165, 1.54) is 5.56 Å². The van der Waals surface area contributed by atoms with Crippen LogP contribution in [0.4, 0.5) is 0 Å². The maximum absolute atomic E-state index is 11.2. The molecule has 1 aliphatic rings. The molecular weight excluding hydrogens is 250 g/mol. The second kappa shape index (κ2) is 7.41. The summed E-state index contributed by atoms with van der Waals surface area (Å²) < 4.78 is 0. The van der Waals surface area contributed by atoms with Crippen LogP contribution in [0.25, 0.3) is 0 Å². The summed E-state index contributed by atoms with van der Waals surface area (Å²) in [5.74, 6) is 0.0399. The van der Waals surface area contributed by atoms with Gasteiger partial charge in [0.25, 0.3) is 0 Å². The summed E-state index contributed by atoms with van der Waals surface area (Å²) in [5, 5.41) is 2.97. The zero-order chi connectivity index (χ0) is 14.4. The summed E-state index contributed by atoms with van der Waals surface area (Å²) in [6.07, 6.45) is 0. The fourth-order valence-corrected chi connectivity index (χ4v) is 2.76. The van der Waals surface area contributed by atoms with Crippen molar-refractivity contribution in [3.05, 3.63) is 35.9 Å². The molecule has 1 aliphatic heterocycles. The van der Waals surface area contributed by atoms with E-state index < -0.39 is 0 Å². The van der Waals surface area contributed by atoms with Crippen molar-refractivity contribution in [2.75, 3.05) is 39.3 Å². The van der Waals surface area contributed by atoms with Crippen LogP contribution in [-0.4, -0.2) is 55.0 Å². The molecule has 20 heavy (non-hydrogen) atoms. The van der Waals surface area contributed by atoms with E-state index in [2.05, 4.69) is 46.3 Å². The molecule has 0 spiro atoms. The van der Waals surface area contributed by atoms with Gasteiger partial charge in [-0.05, 0) is 12.1 Å². The fraction of sp³-hybridized carbons (Fsp3) is 0.562. The van der Waals surface area contributed by atoms with E-state index in [1.54, 1.807) is 6.92 Å². The summed E-state index contributed by atoms with van der Waals surface area (Å²) in [6, 6.07) is 10.8. The highest BCUT2D eigenvalue weighted by atomic mass is 16.1. The average Bonchev–Trinajstić information content (AvgIpc) is 2.49. The van der Waals surface area contributed by atoms with Gasteiger partial charge in [0.1, 0.15) is 0 Å². The number of hydrogen-bond acceptors (Lipinski definition) is 3. The zero-order valence-electron chi connectivity index (χ0n) is 12.5. The van der Waals surface area contributed by atoms with E-state index >= 15 is 0 Å². The highest BCUT2D eigenvalue weighted by Crippen LogP contribution is 2.21. The van der Waals surface area contributed by atoms with Gasteiger partial charge >= 0.3 is 0 Å². The minimum absolute atomic E-state index is 0.0399. The van der Waals surface area contributed by atoms with Gasteiger partial charge in [0.15, 0.2) is 0 Å². The molecule has 1 aromatic rings. The van der Waals surface area contributed by atoms with Gasteiger partial charge in [0.2, 0.25) is 5.91 Å². The van der Waals surface area contributed by atoms with Crippen LogP contribution in [0.1, 0.15) is 25.5 Å². The minimum atomic E-state index is 0.0399. The lowest BCUT2D eigenvalue weighted by Crippen LogP contribution is -2.49. The molecule has 1 heterocycles. The normalized spacial score (nSPS) is 18.7. The average molecular weight is 275 g/mol. The van der Waals surface area contributed by atoms with Crippen molar-refractivity contribution in [2.45, 2.75) is 19.9 Å². The Bertz CT molecular complexity index is 413. The first-order valence-corrected chi connectivity index (χ1v) is 7.46. The van der Waals surface area contributed by atoms with Crippen LogP contribution >= 0.6 is 0 Å². The van der Waals surface area contributed by atoms with Crippen molar-refractivity contribution in [2.24, 2.45) is 0 Å². The monoisotopic (exact) mass is 275 g/mol. The molecule has 1 aromatic carbocycles. The van der Waals surface area contributed by atoms with Gasteiger partial charge in [-0.1, -0.05) is 37.3 Å². The third kappa shape index (κ3) is 4.05. The number of carbonyl (C=O) groups is 1. The van der Waals surface area contributed by atoms with E-state index in [0.29, 0.717) is 6.54 Å². The molecule has 110 valence electrons. The molecule has 4 nitrogen and oxygen atoms in total. The molecule has 1 fully saturated rings. The minimum Gasteiger partial charge on any atom is -0.354 e. The number of carbonyl (C=O) groups excluding carboxylic acids is 1. The van der Waals surface area contributed by atoms with Gasteiger partial charge in [-0.3, -0.25) is 9.69 Å². The molecule has 1 saturated heterocycles. The first-order valence-electron chi connectivity index (χ1n) is 7.46. The zero-order valence-corrected chi connectivity index (χ0v) is 12.5. The standard InChI is InChI=1S/C16H25N3O/c1-3-18-9-11-19(12-10-18)16(13-17-14(2)20)15-7-5-4-6-8-15/h4-8,16H,3,9-13H2,1-2H3,(H,17,20). The number of benzene rings is 1. The lowest BCUT2D eigenvalue weighted by Gasteiger charge is -2.39. The number of likely N-dealkylation sites (N-methyl/N-ethyl adjacent to an activating group) is 1. The molecule has 0 aliphatic carbocycles. The SMILES string of the molecule is CCN1CCN(C(CNC(C)=O)c2ccccc2)CC1. The smallest absolute Gasteiger partial charge is 0.216 e. The maximum atomic E-state index is 11.2. The number of hydrogen-bond donors (Lipinski definition) is 1. The lowest BCUT2D eigenvalue weighted by atomic mass is 10.0. The summed E-state index contributed by atoms with van der Waals surface area (Å²) in [7, 11) is 0. The van der Waals surface area contributed by atoms with Gasteiger partial charge < -0.3 is 10.2 Å². The Balaban J connectivity index is 2.05. The summed E-state index contributed by atoms with van der Waals surface area (Å²) in [5.41, 5.74) is 1.28. The summed E-state index contributed by atoms with van der Waals surface area (Å²) >= 11 is 0. The number of amides is 1. The highest BCUT2D eigenvalue weighted by molar-refractivity contribution is 5.72. The predicted molar refractivity (Wildman–Crippen MR) is 81.6 cm³/mol. The van der Waals surface area contributed by atoms with E-state index in [4.69, 9.17) is 0 Å². The maximum Gasteiger partial charge on any atom is 0.216 e. The van der Waals surface area contributed by atoms with Crippen LogP contribution in [0, 0.1) is 0 Å². The topological polar surface area (TPSA) is 35.6 Å². The van der Waals surface area contributed by atoms with Gasteiger partial charge in [0, 0.05) is 39.6 Å². The molecule has 0 radical (unpaired) electrons. The van der Waals surface area contributed by atoms with Crippen LogP contribution in [0.3, 0.4) is 0 Å². The second-order valence-corrected chi connectivity index (χ2v) is 5.33. The van der Waals surface area contributed by atoms with Crippen LogP contribution in [0.5, 0.6) is 0 Å². The van der Waals surface area contributed by atoms with Crippen molar-refractivity contribution >= 4 is 5.91 Å². The third-order valence-corrected chi connectivity index (χ3v) is 4.02. The Labute approximate surface area is 121 Å². The van der Waals surface area contributed by atoms with Gasteiger partial charge in [-0.2, -0.15) is 0 Å². The van der Waals surface area contributed by atoms with Gasteiger partial charge in [-0.15, -0.1) is 0 Å². The Morgan fingerprint density at radius 2 is 1.85 bits per heavy atom. The molecule has 0 bridgehead atoms. The van der Waals surface area contributed by atoms with E-state index in [0.717, 1.165) is 32.7 Å². The second-order valence-electron chi connectivity index (χ2n) is 5.33. The molecule has 1 atom stereocenters. The molecule has 0 aromatic heterocycles. The molecule has 2 rings (SSSR count). The lowest BCUT2D eigenvalue weighted by molar-refractivity contribution is -0.119. The van der Waals surface area contributed by atoms with Crippen molar-refractivity contribution in [3.63, 3.8) is 0 Å². The molecule has 1 amide bonds. The van der Waals surface area contributed by atoms with Crippen molar-refractivity contribution in [3.8, 4) is 0 Å². The predicted octanol–water partition coefficient (Wildman–Crippen LogP) is 1.50. The van der Waals surface area contributed by atoms with E-state index in [-0.39, 0.29) is 11.9 Å². The Morgan fingerprint density at radius 3 is 2.40 bits per heavy atom. The number of piperazine rings is 1. The van der Waals surface area contributed by atoms with E-state index in [9.17, 15) is 4.79 Å². The molecule has 1 unspecified atom stereocenters. The molecule has 1 N–H and O–H groups in total. The van der Waals surface area contributed by atoms with Crippen LogP contribution in [0.15, 0.2) is 30.3 Å².